The molecular weight excluding hydrogens is 341 g/mol. The summed E-state index contributed by atoms with van der Waals surface area (Å²) in [7, 11) is 0. The maximum Gasteiger partial charge on any atom is 0.256 e. The highest BCUT2D eigenvalue weighted by molar-refractivity contribution is 7.08. The van der Waals surface area contributed by atoms with Crippen LogP contribution in [0.5, 0.6) is 0 Å². The van der Waals surface area contributed by atoms with Crippen molar-refractivity contribution < 1.29 is 13.6 Å². The lowest BCUT2D eigenvalue weighted by Gasteiger charge is -2.31. The van der Waals surface area contributed by atoms with Gasteiger partial charge in [-0.25, -0.2) is 4.39 Å². The second kappa shape index (κ2) is 6.76. The quantitative estimate of drug-likeness (QED) is 0.712. The largest absolute Gasteiger partial charge is 0.420 e. The predicted octanol–water partition coefficient (Wildman–Crippen LogP) is 3.96. The minimum Gasteiger partial charge on any atom is -0.420 e. The van der Waals surface area contributed by atoms with Crippen molar-refractivity contribution in [2.45, 2.75) is 18.8 Å². The summed E-state index contributed by atoms with van der Waals surface area (Å²) in [4.78, 5) is 14.3. The first-order chi connectivity index (χ1) is 12.2. The van der Waals surface area contributed by atoms with Gasteiger partial charge in [-0.2, -0.15) is 11.3 Å². The average Bonchev–Trinajstić information content (AvgIpc) is 3.33. The van der Waals surface area contributed by atoms with Crippen molar-refractivity contribution in [3.8, 4) is 11.5 Å². The molecule has 1 aliphatic rings. The summed E-state index contributed by atoms with van der Waals surface area (Å²) in [5.74, 6) is 0.220. The number of piperidine rings is 1. The molecule has 0 saturated carbocycles. The van der Waals surface area contributed by atoms with Crippen molar-refractivity contribution in [2.24, 2.45) is 0 Å². The highest BCUT2D eigenvalue weighted by atomic mass is 32.1. The summed E-state index contributed by atoms with van der Waals surface area (Å²) in [6, 6.07) is 8.00. The molecule has 2 aromatic heterocycles. The van der Waals surface area contributed by atoms with Crippen molar-refractivity contribution in [3.63, 3.8) is 0 Å². The molecule has 5 nitrogen and oxygen atoms in total. The van der Waals surface area contributed by atoms with E-state index in [2.05, 4.69) is 10.2 Å². The number of hydrogen-bond acceptors (Lipinski definition) is 5. The number of carbonyl (C=O) groups excluding carboxylic acids is 1. The van der Waals surface area contributed by atoms with Crippen molar-refractivity contribution in [1.29, 1.82) is 0 Å². The topological polar surface area (TPSA) is 59.2 Å². The summed E-state index contributed by atoms with van der Waals surface area (Å²) < 4.78 is 19.7. The third-order valence-corrected chi connectivity index (χ3v) is 5.05. The molecule has 0 N–H and O–H groups in total. The number of nitrogens with zero attached hydrogens (tertiary/aromatic N) is 3. The zero-order chi connectivity index (χ0) is 17.2. The first-order valence-corrected chi connectivity index (χ1v) is 9.06. The van der Waals surface area contributed by atoms with E-state index in [1.54, 1.807) is 28.4 Å². The van der Waals surface area contributed by atoms with Gasteiger partial charge < -0.3 is 9.32 Å². The molecule has 0 spiro atoms. The summed E-state index contributed by atoms with van der Waals surface area (Å²) in [5.41, 5.74) is 1.01. The first-order valence-electron chi connectivity index (χ1n) is 8.12. The normalized spacial score (nSPS) is 17.6. The van der Waals surface area contributed by atoms with E-state index in [1.807, 2.05) is 16.8 Å². The fraction of sp³-hybridized carbons (Fsp3) is 0.278. The second-order valence-electron chi connectivity index (χ2n) is 6.03. The number of aromatic nitrogens is 2. The Morgan fingerprint density at radius 2 is 2.16 bits per heavy atom. The van der Waals surface area contributed by atoms with Crippen LogP contribution in [-0.2, 0) is 0 Å². The van der Waals surface area contributed by atoms with Crippen LogP contribution in [0, 0.1) is 5.82 Å². The molecule has 1 fully saturated rings. The number of benzene rings is 1. The summed E-state index contributed by atoms with van der Waals surface area (Å²) in [6.07, 6.45) is 1.69. The van der Waals surface area contributed by atoms with Gasteiger partial charge in [0.15, 0.2) is 0 Å². The lowest BCUT2D eigenvalue weighted by molar-refractivity contribution is 0.0693. The van der Waals surface area contributed by atoms with Gasteiger partial charge in [-0.05, 0) is 36.4 Å². The molecule has 1 saturated heterocycles. The van der Waals surface area contributed by atoms with Crippen LogP contribution in [0.2, 0.25) is 0 Å². The molecule has 1 amide bonds. The molecule has 4 rings (SSSR count). The smallest absolute Gasteiger partial charge is 0.256 e. The zero-order valence-corrected chi connectivity index (χ0v) is 14.2. The number of amides is 1. The van der Waals surface area contributed by atoms with E-state index in [0.717, 1.165) is 18.4 Å². The van der Waals surface area contributed by atoms with Crippen LogP contribution >= 0.6 is 11.3 Å². The van der Waals surface area contributed by atoms with E-state index in [1.165, 1.54) is 12.1 Å². The van der Waals surface area contributed by atoms with Gasteiger partial charge in [0.05, 0.1) is 11.5 Å². The van der Waals surface area contributed by atoms with Crippen LogP contribution in [0.1, 0.15) is 35.0 Å². The van der Waals surface area contributed by atoms with Crippen molar-refractivity contribution in [1.82, 2.24) is 15.1 Å². The van der Waals surface area contributed by atoms with Gasteiger partial charge in [0.1, 0.15) is 5.82 Å². The van der Waals surface area contributed by atoms with Crippen molar-refractivity contribution in [3.05, 3.63) is 58.4 Å². The number of halogens is 1. The first kappa shape index (κ1) is 16.0. The molecule has 7 heteroatoms. The molecule has 3 aromatic rings. The van der Waals surface area contributed by atoms with Gasteiger partial charge in [0.2, 0.25) is 11.8 Å². The van der Waals surface area contributed by atoms with E-state index in [9.17, 15) is 9.18 Å². The Hall–Kier alpha value is -2.54. The fourth-order valence-corrected chi connectivity index (χ4v) is 3.70. The SMILES string of the molecule is O=C(c1ccccc1F)N1CCCC(c2nnc(-c3ccsc3)o2)C1. The van der Waals surface area contributed by atoms with Crippen LogP contribution in [0.4, 0.5) is 4.39 Å². The molecule has 128 valence electrons. The van der Waals surface area contributed by atoms with Gasteiger partial charge in [-0.1, -0.05) is 12.1 Å². The minimum atomic E-state index is -0.493. The number of carbonyl (C=O) groups is 1. The van der Waals surface area contributed by atoms with Crippen molar-refractivity contribution >= 4 is 17.2 Å². The average molecular weight is 357 g/mol. The standard InChI is InChI=1S/C18H16FN3O2S/c19-15-6-2-1-5-14(15)18(23)22-8-3-4-12(10-22)16-20-21-17(24-16)13-7-9-25-11-13/h1-2,5-7,9,11-12H,3-4,8,10H2. The Labute approximate surface area is 148 Å². The molecule has 1 aromatic carbocycles. The number of rotatable bonds is 3. The lowest BCUT2D eigenvalue weighted by Crippen LogP contribution is -2.39. The molecular formula is C18H16FN3O2S. The molecule has 1 unspecified atom stereocenters. The van der Waals surface area contributed by atoms with Crippen LogP contribution < -0.4 is 0 Å². The van der Waals surface area contributed by atoms with Crippen LogP contribution in [0.25, 0.3) is 11.5 Å². The van der Waals surface area contributed by atoms with Crippen LogP contribution in [0.15, 0.2) is 45.5 Å². The van der Waals surface area contributed by atoms with E-state index < -0.39 is 5.82 Å². The monoisotopic (exact) mass is 357 g/mol. The van der Waals surface area contributed by atoms with Crippen molar-refractivity contribution in [2.75, 3.05) is 13.1 Å². The Morgan fingerprint density at radius 1 is 1.28 bits per heavy atom. The lowest BCUT2D eigenvalue weighted by atomic mass is 9.97. The van der Waals surface area contributed by atoms with Crippen LogP contribution in [-0.4, -0.2) is 34.1 Å². The minimum absolute atomic E-state index is 0.0237. The summed E-state index contributed by atoms with van der Waals surface area (Å²) >= 11 is 1.57. The molecule has 0 aliphatic carbocycles. The second-order valence-corrected chi connectivity index (χ2v) is 6.81. The number of likely N-dealkylation sites (tertiary alicyclic amines) is 1. The fourth-order valence-electron chi connectivity index (χ4n) is 3.07. The maximum absolute atomic E-state index is 13.9. The molecule has 3 heterocycles. The highest BCUT2D eigenvalue weighted by Gasteiger charge is 2.30. The predicted molar refractivity (Wildman–Crippen MR) is 91.9 cm³/mol. The van der Waals surface area contributed by atoms with Crippen LogP contribution in [0.3, 0.4) is 0 Å². The van der Waals surface area contributed by atoms with Gasteiger partial charge in [-0.3, -0.25) is 4.79 Å². The molecule has 1 atom stereocenters. The summed E-state index contributed by atoms with van der Waals surface area (Å²) in [5, 5.41) is 12.2. The Morgan fingerprint density at radius 3 is 2.96 bits per heavy atom. The maximum atomic E-state index is 13.9. The van der Waals surface area contributed by atoms with Gasteiger partial charge in [-0.15, -0.1) is 10.2 Å². The molecule has 0 radical (unpaired) electrons. The number of thiophene rings is 1. The zero-order valence-electron chi connectivity index (χ0n) is 13.4. The third-order valence-electron chi connectivity index (χ3n) is 4.37. The Balaban J connectivity index is 1.51. The van der Waals surface area contributed by atoms with Gasteiger partial charge in [0, 0.05) is 24.0 Å². The van der Waals surface area contributed by atoms with Gasteiger partial charge in [0.25, 0.3) is 5.91 Å². The molecule has 25 heavy (non-hydrogen) atoms. The Bertz CT molecular complexity index is 878. The number of hydrogen-bond donors (Lipinski definition) is 0. The summed E-state index contributed by atoms with van der Waals surface area (Å²) in [6.45, 7) is 1.06. The van der Waals surface area contributed by atoms with E-state index >= 15 is 0 Å². The Kier molecular flexibility index (Phi) is 4.31. The van der Waals surface area contributed by atoms with E-state index in [0.29, 0.717) is 24.9 Å². The molecule has 1 aliphatic heterocycles. The third kappa shape index (κ3) is 3.19. The highest BCUT2D eigenvalue weighted by Crippen LogP contribution is 2.29. The van der Waals surface area contributed by atoms with E-state index in [4.69, 9.17) is 4.42 Å². The van der Waals surface area contributed by atoms with E-state index in [-0.39, 0.29) is 17.4 Å². The molecule has 0 bridgehead atoms. The van der Waals surface area contributed by atoms with Gasteiger partial charge >= 0.3 is 0 Å².